The number of carbonyl (C=O) groups excluding carboxylic acids is 1. The third-order valence-corrected chi connectivity index (χ3v) is 5.25. The van der Waals surface area contributed by atoms with Crippen molar-refractivity contribution < 1.29 is 18.7 Å². The average molecular weight is 347 g/mol. The molecule has 1 amide bonds. The minimum atomic E-state index is 0.0125. The number of thioether (sulfide) groups is 1. The van der Waals surface area contributed by atoms with Crippen molar-refractivity contribution in [1.29, 1.82) is 0 Å². The Labute approximate surface area is 145 Å². The molecule has 0 aliphatic carbocycles. The molecule has 0 N–H and O–H groups in total. The maximum absolute atomic E-state index is 12.4. The summed E-state index contributed by atoms with van der Waals surface area (Å²) >= 11 is 1.84. The largest absolute Gasteiger partial charge is 0.497 e. The number of benzene rings is 1. The van der Waals surface area contributed by atoms with Crippen LogP contribution in [0.15, 0.2) is 47.1 Å². The van der Waals surface area contributed by atoms with Crippen LogP contribution < -0.4 is 9.47 Å². The number of methoxy groups -OCH3 is 1. The smallest absolute Gasteiger partial charge is 0.260 e. The van der Waals surface area contributed by atoms with Crippen LogP contribution in [0.3, 0.4) is 0 Å². The molecule has 5 nitrogen and oxygen atoms in total. The molecule has 1 atom stereocenters. The van der Waals surface area contributed by atoms with Crippen LogP contribution in [0.5, 0.6) is 11.5 Å². The first-order valence-electron chi connectivity index (χ1n) is 7.96. The lowest BCUT2D eigenvalue weighted by molar-refractivity contribution is -0.133. The van der Waals surface area contributed by atoms with Gasteiger partial charge in [-0.25, -0.2) is 0 Å². The molecular weight excluding hydrogens is 326 g/mol. The van der Waals surface area contributed by atoms with Crippen molar-refractivity contribution in [1.82, 2.24) is 4.90 Å². The Bertz CT molecular complexity index is 659. The molecule has 1 fully saturated rings. The summed E-state index contributed by atoms with van der Waals surface area (Å²) in [6.45, 7) is 1.50. The van der Waals surface area contributed by atoms with Crippen LogP contribution in [0.2, 0.25) is 0 Å². The summed E-state index contributed by atoms with van der Waals surface area (Å²) < 4.78 is 16.3. The first-order valence-corrected chi connectivity index (χ1v) is 9.01. The Morgan fingerprint density at radius 2 is 2.17 bits per heavy atom. The first kappa shape index (κ1) is 16.8. The topological polar surface area (TPSA) is 51.9 Å². The first-order chi connectivity index (χ1) is 11.8. The Morgan fingerprint density at radius 1 is 1.29 bits per heavy atom. The van der Waals surface area contributed by atoms with Gasteiger partial charge >= 0.3 is 0 Å². The second-order valence-electron chi connectivity index (χ2n) is 5.51. The van der Waals surface area contributed by atoms with E-state index in [0.717, 1.165) is 31.0 Å². The third-order valence-electron chi connectivity index (χ3n) is 3.96. The zero-order valence-corrected chi connectivity index (χ0v) is 14.5. The van der Waals surface area contributed by atoms with Gasteiger partial charge in [0.15, 0.2) is 6.61 Å². The van der Waals surface area contributed by atoms with E-state index >= 15 is 0 Å². The fourth-order valence-electron chi connectivity index (χ4n) is 2.65. The van der Waals surface area contributed by atoms with E-state index in [2.05, 4.69) is 0 Å². The van der Waals surface area contributed by atoms with E-state index in [9.17, 15) is 4.79 Å². The van der Waals surface area contributed by atoms with Gasteiger partial charge in [0.25, 0.3) is 5.91 Å². The number of nitrogens with zero attached hydrogens (tertiary/aromatic N) is 1. The molecule has 1 aliphatic heterocycles. The Balaban J connectivity index is 1.51. The van der Waals surface area contributed by atoms with E-state index in [0.29, 0.717) is 16.7 Å². The molecule has 1 aromatic heterocycles. The predicted octanol–water partition coefficient (Wildman–Crippen LogP) is 3.37. The molecule has 0 saturated carbocycles. The molecule has 2 aromatic rings. The molecule has 128 valence electrons. The molecule has 3 rings (SSSR count). The van der Waals surface area contributed by atoms with E-state index in [1.165, 1.54) is 0 Å². The fraction of sp³-hybridized carbons (Fsp3) is 0.389. The van der Waals surface area contributed by atoms with Crippen LogP contribution >= 0.6 is 11.8 Å². The lowest BCUT2D eigenvalue weighted by Crippen LogP contribution is -2.36. The summed E-state index contributed by atoms with van der Waals surface area (Å²) in [5.74, 6) is 3.25. The maximum atomic E-state index is 12.4. The summed E-state index contributed by atoms with van der Waals surface area (Å²) in [4.78, 5) is 14.3. The summed E-state index contributed by atoms with van der Waals surface area (Å²) in [6.07, 6.45) is 2.59. The van der Waals surface area contributed by atoms with E-state index < -0.39 is 0 Å². The van der Waals surface area contributed by atoms with Gasteiger partial charge in [0, 0.05) is 24.9 Å². The molecular formula is C18H21NO4S. The Kier molecular flexibility index (Phi) is 5.69. The third kappa shape index (κ3) is 4.26. The fourth-order valence-corrected chi connectivity index (χ4v) is 3.83. The standard InChI is InChI=1S/C18H21NO4S/c1-21-14-4-2-5-15(12-14)23-13-18(20)19-8-7-17(24-11-9-19)16-6-3-10-22-16/h2-6,10,12,17H,7-9,11,13H2,1H3. The van der Waals surface area contributed by atoms with E-state index in [4.69, 9.17) is 13.9 Å². The molecule has 1 saturated heterocycles. The zero-order chi connectivity index (χ0) is 16.8. The summed E-state index contributed by atoms with van der Waals surface area (Å²) in [7, 11) is 1.61. The highest BCUT2D eigenvalue weighted by Crippen LogP contribution is 2.34. The van der Waals surface area contributed by atoms with Crippen molar-refractivity contribution in [2.24, 2.45) is 0 Å². The van der Waals surface area contributed by atoms with Gasteiger partial charge in [0.05, 0.1) is 18.6 Å². The highest BCUT2D eigenvalue weighted by Gasteiger charge is 2.23. The van der Waals surface area contributed by atoms with Crippen LogP contribution in [0, 0.1) is 0 Å². The van der Waals surface area contributed by atoms with Crippen LogP contribution in [-0.4, -0.2) is 43.4 Å². The van der Waals surface area contributed by atoms with Crippen molar-refractivity contribution in [2.75, 3.05) is 32.6 Å². The van der Waals surface area contributed by atoms with Gasteiger partial charge in [-0.2, -0.15) is 0 Å². The van der Waals surface area contributed by atoms with Gasteiger partial charge in [-0.05, 0) is 30.7 Å². The van der Waals surface area contributed by atoms with Crippen LogP contribution in [0.25, 0.3) is 0 Å². The number of rotatable bonds is 5. The lowest BCUT2D eigenvalue weighted by atomic mass is 10.2. The van der Waals surface area contributed by atoms with Crippen molar-refractivity contribution in [3.05, 3.63) is 48.4 Å². The highest BCUT2D eigenvalue weighted by molar-refractivity contribution is 7.99. The number of amides is 1. The van der Waals surface area contributed by atoms with Gasteiger partial charge < -0.3 is 18.8 Å². The molecule has 0 radical (unpaired) electrons. The number of hydrogen-bond donors (Lipinski definition) is 0. The molecule has 0 bridgehead atoms. The highest BCUT2D eigenvalue weighted by atomic mass is 32.2. The molecule has 24 heavy (non-hydrogen) atoms. The van der Waals surface area contributed by atoms with Crippen molar-refractivity contribution in [3.63, 3.8) is 0 Å². The van der Waals surface area contributed by atoms with Crippen molar-refractivity contribution >= 4 is 17.7 Å². The van der Waals surface area contributed by atoms with Crippen molar-refractivity contribution in [2.45, 2.75) is 11.7 Å². The lowest BCUT2D eigenvalue weighted by Gasteiger charge is -2.20. The summed E-state index contributed by atoms with van der Waals surface area (Å²) in [5, 5.41) is 0.317. The van der Waals surface area contributed by atoms with Gasteiger partial charge in [-0.1, -0.05) is 6.07 Å². The number of hydrogen-bond acceptors (Lipinski definition) is 5. The molecule has 0 spiro atoms. The zero-order valence-electron chi connectivity index (χ0n) is 13.6. The quantitative estimate of drug-likeness (QED) is 0.830. The molecule has 6 heteroatoms. The van der Waals surface area contributed by atoms with Gasteiger partial charge in [-0.15, -0.1) is 11.8 Å². The maximum Gasteiger partial charge on any atom is 0.260 e. The van der Waals surface area contributed by atoms with Crippen LogP contribution in [0.4, 0.5) is 0 Å². The van der Waals surface area contributed by atoms with Crippen LogP contribution in [0.1, 0.15) is 17.4 Å². The number of carbonyl (C=O) groups is 1. The Morgan fingerprint density at radius 3 is 2.96 bits per heavy atom. The van der Waals surface area contributed by atoms with E-state index in [-0.39, 0.29) is 12.5 Å². The minimum absolute atomic E-state index is 0.0125. The SMILES string of the molecule is COc1cccc(OCC(=O)N2CCSC(c3ccco3)CC2)c1. The van der Waals surface area contributed by atoms with Crippen LogP contribution in [-0.2, 0) is 4.79 Å². The second-order valence-corrected chi connectivity index (χ2v) is 6.82. The molecule has 1 aromatic carbocycles. The van der Waals surface area contributed by atoms with Crippen molar-refractivity contribution in [3.8, 4) is 11.5 Å². The monoisotopic (exact) mass is 347 g/mol. The summed E-state index contributed by atoms with van der Waals surface area (Å²) in [6, 6.07) is 11.2. The van der Waals surface area contributed by atoms with E-state index in [1.807, 2.05) is 47.0 Å². The van der Waals surface area contributed by atoms with Gasteiger partial charge in [0.1, 0.15) is 17.3 Å². The summed E-state index contributed by atoms with van der Waals surface area (Å²) in [5.41, 5.74) is 0. The average Bonchev–Trinajstić information content (AvgIpc) is 3.04. The molecule has 1 aliphatic rings. The number of furan rings is 1. The Hall–Kier alpha value is -2.08. The number of ether oxygens (including phenoxy) is 2. The predicted molar refractivity (Wildman–Crippen MR) is 93.6 cm³/mol. The van der Waals surface area contributed by atoms with Gasteiger partial charge in [-0.3, -0.25) is 4.79 Å². The van der Waals surface area contributed by atoms with Gasteiger partial charge in [0.2, 0.25) is 0 Å². The van der Waals surface area contributed by atoms with E-state index in [1.54, 1.807) is 19.4 Å². The second kappa shape index (κ2) is 8.15. The normalized spacial score (nSPS) is 18.0. The molecule has 1 unspecified atom stereocenters. The minimum Gasteiger partial charge on any atom is -0.497 e. The molecule has 2 heterocycles.